The van der Waals surface area contributed by atoms with Crippen LogP contribution in [0, 0.1) is 0 Å². The number of aryl methyl sites for hydroxylation is 1. The minimum Gasteiger partial charge on any atom is -0.476 e. The molecular formula is C11H8N6O2S. The number of tetrazole rings is 1. The third-order valence-corrected chi connectivity index (χ3v) is 3.74. The van der Waals surface area contributed by atoms with E-state index in [9.17, 15) is 9.90 Å². The Balaban J connectivity index is 2.22. The highest BCUT2D eigenvalue weighted by Crippen LogP contribution is 2.33. The minimum atomic E-state index is -1.14. The van der Waals surface area contributed by atoms with Crippen LogP contribution in [0.25, 0.3) is 10.9 Å². The van der Waals surface area contributed by atoms with Crippen molar-refractivity contribution in [2.24, 2.45) is 7.05 Å². The maximum Gasteiger partial charge on any atom is 0.357 e. The summed E-state index contributed by atoms with van der Waals surface area (Å²) in [4.78, 5) is 11.8. The SMILES string of the molecule is Cn1nnnc1Sc1c(C(=O)O)nnc2ccccc12. The Kier molecular flexibility index (Phi) is 3.03. The molecule has 0 atom stereocenters. The van der Waals surface area contributed by atoms with Crippen LogP contribution >= 0.6 is 11.8 Å². The van der Waals surface area contributed by atoms with Crippen molar-refractivity contribution in [1.29, 1.82) is 0 Å². The first-order valence-electron chi connectivity index (χ1n) is 5.55. The maximum absolute atomic E-state index is 11.3. The third kappa shape index (κ3) is 2.07. The van der Waals surface area contributed by atoms with Gasteiger partial charge < -0.3 is 5.11 Å². The van der Waals surface area contributed by atoms with Crippen LogP contribution in [0.4, 0.5) is 0 Å². The van der Waals surface area contributed by atoms with Crippen LogP contribution < -0.4 is 0 Å². The number of benzene rings is 1. The van der Waals surface area contributed by atoms with E-state index in [0.717, 1.165) is 11.8 Å². The Hall–Kier alpha value is -2.55. The fraction of sp³-hybridized carbons (Fsp3) is 0.0909. The first-order valence-corrected chi connectivity index (χ1v) is 6.37. The normalized spacial score (nSPS) is 10.8. The van der Waals surface area contributed by atoms with Crippen LogP contribution in [0.5, 0.6) is 0 Å². The molecule has 3 aromatic rings. The topological polar surface area (TPSA) is 107 Å². The highest BCUT2D eigenvalue weighted by atomic mass is 32.2. The summed E-state index contributed by atoms with van der Waals surface area (Å²) in [5.41, 5.74) is 0.506. The van der Waals surface area contributed by atoms with Gasteiger partial charge in [0, 0.05) is 12.4 Å². The monoisotopic (exact) mass is 288 g/mol. The van der Waals surface area contributed by atoms with Gasteiger partial charge >= 0.3 is 5.97 Å². The summed E-state index contributed by atoms with van der Waals surface area (Å²) in [6, 6.07) is 7.19. The van der Waals surface area contributed by atoms with Gasteiger partial charge in [-0.05, 0) is 28.3 Å². The van der Waals surface area contributed by atoms with Crippen molar-refractivity contribution in [3.05, 3.63) is 30.0 Å². The van der Waals surface area contributed by atoms with Crippen LogP contribution in [0.15, 0.2) is 34.3 Å². The molecule has 0 aliphatic rings. The summed E-state index contributed by atoms with van der Waals surface area (Å²) in [6.07, 6.45) is 0. The summed E-state index contributed by atoms with van der Waals surface area (Å²) in [7, 11) is 1.68. The molecule has 0 bridgehead atoms. The summed E-state index contributed by atoms with van der Waals surface area (Å²) >= 11 is 1.15. The molecule has 100 valence electrons. The Morgan fingerprint density at radius 3 is 2.75 bits per heavy atom. The van der Waals surface area contributed by atoms with E-state index in [0.29, 0.717) is 21.0 Å². The molecule has 0 radical (unpaired) electrons. The number of carboxylic acid groups (broad SMARTS) is 1. The Morgan fingerprint density at radius 2 is 2.05 bits per heavy atom. The fourth-order valence-electron chi connectivity index (χ4n) is 1.67. The summed E-state index contributed by atoms with van der Waals surface area (Å²) in [6.45, 7) is 0. The summed E-state index contributed by atoms with van der Waals surface area (Å²) in [5.74, 6) is -1.14. The van der Waals surface area contributed by atoms with Gasteiger partial charge in [-0.15, -0.1) is 15.3 Å². The molecule has 0 aliphatic heterocycles. The molecule has 0 fully saturated rings. The molecule has 3 rings (SSSR count). The highest BCUT2D eigenvalue weighted by molar-refractivity contribution is 7.99. The number of rotatable bonds is 3. The van der Waals surface area contributed by atoms with E-state index in [1.165, 1.54) is 4.68 Å². The molecule has 0 saturated heterocycles. The van der Waals surface area contributed by atoms with Gasteiger partial charge in [-0.1, -0.05) is 18.2 Å². The number of carbonyl (C=O) groups is 1. The Labute approximate surface area is 116 Å². The number of aromatic carboxylic acids is 1. The average molecular weight is 288 g/mol. The van der Waals surface area contributed by atoms with Gasteiger partial charge in [-0.3, -0.25) is 0 Å². The molecule has 0 unspecified atom stereocenters. The van der Waals surface area contributed by atoms with Crippen molar-refractivity contribution in [2.45, 2.75) is 10.1 Å². The van der Waals surface area contributed by atoms with E-state index < -0.39 is 5.97 Å². The lowest BCUT2D eigenvalue weighted by Crippen LogP contribution is -2.06. The highest BCUT2D eigenvalue weighted by Gasteiger charge is 2.19. The van der Waals surface area contributed by atoms with E-state index in [1.807, 2.05) is 12.1 Å². The van der Waals surface area contributed by atoms with Crippen molar-refractivity contribution in [1.82, 2.24) is 30.4 Å². The number of nitrogens with zero attached hydrogens (tertiary/aromatic N) is 6. The molecule has 0 saturated carbocycles. The minimum absolute atomic E-state index is 0.114. The Morgan fingerprint density at radius 1 is 1.25 bits per heavy atom. The first-order chi connectivity index (χ1) is 9.66. The standard InChI is InChI=1S/C11H8N6O2S/c1-17-11(14-15-16-17)20-9-6-4-2-3-5-7(6)12-13-8(9)10(18)19/h2-5H,1H3,(H,18,19). The predicted octanol–water partition coefficient (Wildman–Crippen LogP) is 1.00. The molecule has 0 amide bonds. The van der Waals surface area contributed by atoms with Crippen LogP contribution in [0.1, 0.15) is 10.5 Å². The Bertz CT molecular complexity index is 802. The average Bonchev–Trinajstić information content (AvgIpc) is 2.84. The second kappa shape index (κ2) is 4.85. The smallest absolute Gasteiger partial charge is 0.357 e. The van der Waals surface area contributed by atoms with Crippen molar-refractivity contribution in [3.63, 3.8) is 0 Å². The lowest BCUT2D eigenvalue weighted by molar-refractivity contribution is 0.0685. The molecule has 0 spiro atoms. The van der Waals surface area contributed by atoms with Gasteiger partial charge in [0.2, 0.25) is 5.16 Å². The van der Waals surface area contributed by atoms with Crippen molar-refractivity contribution >= 4 is 28.6 Å². The second-order valence-corrected chi connectivity index (χ2v) is 4.86. The molecule has 1 aromatic carbocycles. The number of hydrogen-bond donors (Lipinski definition) is 1. The lowest BCUT2D eigenvalue weighted by Gasteiger charge is -2.06. The zero-order valence-electron chi connectivity index (χ0n) is 10.3. The third-order valence-electron chi connectivity index (χ3n) is 2.60. The molecule has 2 aromatic heterocycles. The van der Waals surface area contributed by atoms with Crippen LogP contribution in [-0.4, -0.2) is 41.5 Å². The van der Waals surface area contributed by atoms with E-state index in [1.54, 1.807) is 19.2 Å². The number of aromatic nitrogens is 6. The zero-order valence-corrected chi connectivity index (χ0v) is 11.1. The second-order valence-electron chi connectivity index (χ2n) is 3.89. The van der Waals surface area contributed by atoms with E-state index >= 15 is 0 Å². The van der Waals surface area contributed by atoms with Crippen LogP contribution in [-0.2, 0) is 7.05 Å². The summed E-state index contributed by atoms with van der Waals surface area (Å²) < 4.78 is 1.46. The number of carboxylic acids is 1. The van der Waals surface area contributed by atoms with E-state index in [2.05, 4.69) is 25.7 Å². The molecule has 20 heavy (non-hydrogen) atoms. The van der Waals surface area contributed by atoms with Gasteiger partial charge in [0.1, 0.15) is 0 Å². The fourth-order valence-corrected chi connectivity index (χ4v) is 2.61. The molecule has 1 N–H and O–H groups in total. The van der Waals surface area contributed by atoms with Gasteiger partial charge in [0.05, 0.1) is 10.4 Å². The molecule has 8 nitrogen and oxygen atoms in total. The van der Waals surface area contributed by atoms with Gasteiger partial charge in [0.15, 0.2) is 5.69 Å². The quantitative estimate of drug-likeness (QED) is 0.760. The molecule has 2 heterocycles. The van der Waals surface area contributed by atoms with E-state index in [4.69, 9.17) is 0 Å². The van der Waals surface area contributed by atoms with Crippen molar-refractivity contribution in [3.8, 4) is 0 Å². The van der Waals surface area contributed by atoms with E-state index in [-0.39, 0.29) is 5.69 Å². The number of fused-ring (bicyclic) bond motifs is 1. The van der Waals surface area contributed by atoms with Crippen molar-refractivity contribution in [2.75, 3.05) is 0 Å². The predicted molar refractivity (Wildman–Crippen MR) is 69.4 cm³/mol. The largest absolute Gasteiger partial charge is 0.476 e. The molecule has 9 heteroatoms. The van der Waals surface area contributed by atoms with Crippen LogP contribution in [0.3, 0.4) is 0 Å². The first kappa shape index (κ1) is 12.5. The van der Waals surface area contributed by atoms with Gasteiger partial charge in [-0.2, -0.15) is 0 Å². The van der Waals surface area contributed by atoms with Gasteiger partial charge in [0.25, 0.3) is 0 Å². The number of hydrogen-bond acceptors (Lipinski definition) is 7. The van der Waals surface area contributed by atoms with Gasteiger partial charge in [-0.25, -0.2) is 9.48 Å². The lowest BCUT2D eigenvalue weighted by atomic mass is 10.2. The molecule has 0 aliphatic carbocycles. The van der Waals surface area contributed by atoms with Crippen molar-refractivity contribution < 1.29 is 9.90 Å². The maximum atomic E-state index is 11.3. The van der Waals surface area contributed by atoms with Crippen LogP contribution in [0.2, 0.25) is 0 Å². The summed E-state index contributed by atoms with van der Waals surface area (Å²) in [5, 5.41) is 29.2. The molecular weight excluding hydrogens is 280 g/mol. The zero-order chi connectivity index (χ0) is 14.1.